The molecule has 0 bridgehead atoms. The first kappa shape index (κ1) is 35.3. The van der Waals surface area contributed by atoms with Crippen molar-refractivity contribution in [3.63, 3.8) is 0 Å². The highest BCUT2D eigenvalue weighted by Crippen LogP contribution is 2.18. The first-order valence-corrected chi connectivity index (χ1v) is 16.7. The van der Waals surface area contributed by atoms with Crippen molar-refractivity contribution in [2.45, 2.75) is 142 Å². The van der Waals surface area contributed by atoms with Crippen LogP contribution in [0.4, 0.5) is 0 Å². The topological polar surface area (TPSA) is 72.5 Å². The number of thioether (sulfide) groups is 2. The van der Waals surface area contributed by atoms with E-state index in [1.54, 1.807) is 11.8 Å². The third kappa shape index (κ3) is 27.9. The Balaban J connectivity index is 3.36. The summed E-state index contributed by atoms with van der Waals surface area (Å²) in [5.74, 6) is 1.05. The highest BCUT2D eigenvalue weighted by Gasteiger charge is 2.11. The molecule has 1 amide bonds. The molecule has 0 aromatic rings. The molecule has 0 rings (SSSR count). The van der Waals surface area contributed by atoms with E-state index in [-0.39, 0.29) is 22.2 Å². The zero-order chi connectivity index (χ0) is 26.7. The first-order valence-electron chi connectivity index (χ1n) is 14.6. The Labute approximate surface area is 230 Å². The standard InChI is InChI=1S/C29H55NO4S2/c1-4-5-6-7-8-9-10-11-12-13-14-15-16-17-18-19-22-34-28(32)20-23-36-29(33)25-26(2)35-24-21-30-27(3)31/h26H,4-25H2,1-3H3,(H,30,31). The molecule has 7 heteroatoms. The maximum atomic E-state index is 12.0. The Hall–Kier alpha value is -0.690. The predicted octanol–water partition coefficient (Wildman–Crippen LogP) is 8.09. The fraction of sp³-hybridized carbons (Fsp3) is 0.897. The van der Waals surface area contributed by atoms with Crippen molar-refractivity contribution in [1.29, 1.82) is 0 Å². The van der Waals surface area contributed by atoms with Gasteiger partial charge in [0.2, 0.25) is 5.91 Å². The minimum Gasteiger partial charge on any atom is -0.466 e. The van der Waals surface area contributed by atoms with Gasteiger partial charge in [0.1, 0.15) is 0 Å². The molecule has 0 aromatic heterocycles. The smallest absolute Gasteiger partial charge is 0.306 e. The van der Waals surface area contributed by atoms with E-state index in [0.29, 0.717) is 31.7 Å². The molecule has 0 saturated carbocycles. The second-order valence-corrected chi connectivity index (χ2v) is 12.6. The molecule has 1 unspecified atom stereocenters. The summed E-state index contributed by atoms with van der Waals surface area (Å²) in [7, 11) is 0. The van der Waals surface area contributed by atoms with Crippen molar-refractivity contribution in [2.24, 2.45) is 0 Å². The van der Waals surface area contributed by atoms with E-state index in [2.05, 4.69) is 12.2 Å². The van der Waals surface area contributed by atoms with E-state index >= 15 is 0 Å². The molecule has 1 N–H and O–H groups in total. The molecular weight excluding hydrogens is 490 g/mol. The third-order valence-corrected chi connectivity index (χ3v) is 8.24. The van der Waals surface area contributed by atoms with E-state index in [0.717, 1.165) is 18.6 Å². The number of esters is 1. The number of hydrogen-bond donors (Lipinski definition) is 1. The summed E-state index contributed by atoms with van der Waals surface area (Å²) < 4.78 is 5.31. The average molecular weight is 546 g/mol. The van der Waals surface area contributed by atoms with E-state index in [4.69, 9.17) is 4.74 Å². The fourth-order valence-electron chi connectivity index (χ4n) is 4.00. The van der Waals surface area contributed by atoms with Crippen molar-refractivity contribution in [1.82, 2.24) is 5.32 Å². The Morgan fingerprint density at radius 2 is 1.25 bits per heavy atom. The van der Waals surface area contributed by atoms with Crippen LogP contribution in [0, 0.1) is 0 Å². The lowest BCUT2D eigenvalue weighted by molar-refractivity contribution is -0.143. The summed E-state index contributed by atoms with van der Waals surface area (Å²) in [6.45, 7) is 6.91. The minimum atomic E-state index is -0.200. The Kier molecular flexibility index (Phi) is 26.8. The molecule has 1 atom stereocenters. The number of ether oxygens (including phenoxy) is 1. The molecule has 0 saturated heterocycles. The maximum Gasteiger partial charge on any atom is 0.306 e. The van der Waals surface area contributed by atoms with Crippen LogP contribution in [0.1, 0.15) is 136 Å². The Morgan fingerprint density at radius 3 is 1.75 bits per heavy atom. The number of nitrogens with one attached hydrogen (secondary N) is 1. The maximum absolute atomic E-state index is 12.0. The van der Waals surface area contributed by atoms with Crippen LogP contribution in [-0.2, 0) is 19.1 Å². The van der Waals surface area contributed by atoms with Crippen LogP contribution in [0.3, 0.4) is 0 Å². The van der Waals surface area contributed by atoms with Crippen LogP contribution < -0.4 is 5.32 Å². The predicted molar refractivity (Wildman–Crippen MR) is 158 cm³/mol. The number of carbonyl (C=O) groups excluding carboxylic acids is 3. The van der Waals surface area contributed by atoms with Crippen LogP contribution in [0.2, 0.25) is 0 Å². The largest absolute Gasteiger partial charge is 0.466 e. The van der Waals surface area contributed by atoms with E-state index < -0.39 is 0 Å². The van der Waals surface area contributed by atoms with Gasteiger partial charge in [-0.25, -0.2) is 0 Å². The van der Waals surface area contributed by atoms with Crippen LogP contribution in [-0.4, -0.2) is 46.9 Å². The lowest BCUT2D eigenvalue weighted by Crippen LogP contribution is -2.23. The van der Waals surface area contributed by atoms with Gasteiger partial charge in [-0.1, -0.05) is 122 Å². The number of amides is 1. The summed E-state index contributed by atoms with van der Waals surface area (Å²) in [6.07, 6.45) is 22.1. The van der Waals surface area contributed by atoms with Gasteiger partial charge in [-0.15, -0.1) is 0 Å². The average Bonchev–Trinajstić information content (AvgIpc) is 2.83. The van der Waals surface area contributed by atoms with E-state index in [9.17, 15) is 14.4 Å². The molecule has 0 aromatic carbocycles. The van der Waals surface area contributed by atoms with Crippen LogP contribution in [0.5, 0.6) is 0 Å². The molecule has 212 valence electrons. The van der Waals surface area contributed by atoms with Crippen LogP contribution in [0.25, 0.3) is 0 Å². The molecule has 0 heterocycles. The molecule has 36 heavy (non-hydrogen) atoms. The molecule has 0 spiro atoms. The normalized spacial score (nSPS) is 11.9. The van der Waals surface area contributed by atoms with E-state index in [1.165, 1.54) is 109 Å². The summed E-state index contributed by atoms with van der Waals surface area (Å²) in [5, 5.41) is 3.07. The van der Waals surface area contributed by atoms with Crippen LogP contribution in [0.15, 0.2) is 0 Å². The Bertz CT molecular complexity index is 545. The van der Waals surface area contributed by atoms with Gasteiger partial charge < -0.3 is 10.1 Å². The molecule has 0 aliphatic rings. The highest BCUT2D eigenvalue weighted by atomic mass is 32.2. The molecular formula is C29H55NO4S2. The Morgan fingerprint density at radius 1 is 0.750 bits per heavy atom. The molecule has 0 fully saturated rings. The summed E-state index contributed by atoms with van der Waals surface area (Å²) in [5.41, 5.74) is 0. The fourth-order valence-corrected chi connectivity index (χ4v) is 5.86. The van der Waals surface area contributed by atoms with Gasteiger partial charge in [0, 0.05) is 36.6 Å². The minimum absolute atomic E-state index is 0.0309. The van der Waals surface area contributed by atoms with Gasteiger partial charge in [-0.05, 0) is 6.42 Å². The van der Waals surface area contributed by atoms with Gasteiger partial charge in [0.15, 0.2) is 5.12 Å². The SMILES string of the molecule is CCCCCCCCCCCCCCCCCCOC(=O)CCSC(=O)CC(C)SCCNC(C)=O. The summed E-state index contributed by atoms with van der Waals surface area (Å²) in [6, 6.07) is 0. The van der Waals surface area contributed by atoms with E-state index in [1.807, 2.05) is 6.92 Å². The lowest BCUT2D eigenvalue weighted by Gasteiger charge is -2.10. The first-order chi connectivity index (χ1) is 17.5. The zero-order valence-corrected chi connectivity index (χ0v) is 25.2. The number of hydrogen-bond acceptors (Lipinski definition) is 6. The van der Waals surface area contributed by atoms with Crippen molar-refractivity contribution < 1.29 is 19.1 Å². The number of rotatable bonds is 26. The van der Waals surface area contributed by atoms with Crippen molar-refractivity contribution in [2.75, 3.05) is 24.7 Å². The monoisotopic (exact) mass is 545 g/mol. The van der Waals surface area contributed by atoms with Gasteiger partial charge in [0.05, 0.1) is 13.0 Å². The second kappa shape index (κ2) is 27.3. The molecule has 5 nitrogen and oxygen atoms in total. The quantitative estimate of drug-likeness (QED) is 0.0874. The van der Waals surface area contributed by atoms with Gasteiger partial charge in [0.25, 0.3) is 0 Å². The van der Waals surface area contributed by atoms with Crippen molar-refractivity contribution >= 4 is 40.5 Å². The number of carbonyl (C=O) groups is 3. The third-order valence-electron chi connectivity index (χ3n) is 6.16. The molecule has 0 aliphatic carbocycles. The lowest BCUT2D eigenvalue weighted by atomic mass is 10.0. The summed E-state index contributed by atoms with van der Waals surface area (Å²) >= 11 is 2.89. The van der Waals surface area contributed by atoms with Gasteiger partial charge in [-0.3, -0.25) is 14.4 Å². The zero-order valence-electron chi connectivity index (χ0n) is 23.6. The van der Waals surface area contributed by atoms with Gasteiger partial charge in [-0.2, -0.15) is 11.8 Å². The van der Waals surface area contributed by atoms with Crippen molar-refractivity contribution in [3.8, 4) is 0 Å². The summed E-state index contributed by atoms with van der Waals surface area (Å²) in [4.78, 5) is 34.7. The van der Waals surface area contributed by atoms with Gasteiger partial charge >= 0.3 is 5.97 Å². The molecule has 0 aliphatic heterocycles. The highest BCUT2D eigenvalue weighted by molar-refractivity contribution is 8.13. The van der Waals surface area contributed by atoms with Crippen molar-refractivity contribution in [3.05, 3.63) is 0 Å². The van der Waals surface area contributed by atoms with Crippen LogP contribution >= 0.6 is 23.5 Å². The molecule has 0 radical (unpaired) electrons. The second-order valence-electron chi connectivity index (χ2n) is 9.86. The number of unbranched alkanes of at least 4 members (excludes halogenated alkanes) is 15.